The van der Waals surface area contributed by atoms with Crippen LogP contribution in [0.4, 0.5) is 5.69 Å². The molecule has 0 saturated heterocycles. The van der Waals surface area contributed by atoms with Gasteiger partial charge < -0.3 is 10.4 Å². The number of anilines is 1. The molecule has 1 aliphatic rings. The summed E-state index contributed by atoms with van der Waals surface area (Å²) < 4.78 is 1.66. The van der Waals surface area contributed by atoms with Gasteiger partial charge in [0.1, 0.15) is 0 Å². The molecule has 1 aromatic heterocycles. The van der Waals surface area contributed by atoms with Gasteiger partial charge in [-0.25, -0.2) is 4.68 Å². The van der Waals surface area contributed by atoms with Gasteiger partial charge in [-0.05, 0) is 42.3 Å². The van der Waals surface area contributed by atoms with Gasteiger partial charge in [-0.3, -0.25) is 9.59 Å². The van der Waals surface area contributed by atoms with Crippen molar-refractivity contribution < 1.29 is 14.7 Å². The summed E-state index contributed by atoms with van der Waals surface area (Å²) in [6, 6.07) is 7.20. The average Bonchev–Trinajstić information content (AvgIpc) is 2.94. The fourth-order valence-corrected chi connectivity index (χ4v) is 2.70. The normalized spacial score (nSPS) is 19.9. The number of carboxylic acids is 1. The lowest BCUT2D eigenvalue weighted by molar-refractivity contribution is -0.151. The van der Waals surface area contributed by atoms with Gasteiger partial charge in [0, 0.05) is 17.8 Å². The van der Waals surface area contributed by atoms with Gasteiger partial charge in [0.25, 0.3) is 0 Å². The Kier molecular flexibility index (Phi) is 4.05. The minimum absolute atomic E-state index is 0.254. The van der Waals surface area contributed by atoms with Crippen LogP contribution in [0.2, 0.25) is 0 Å². The molecule has 8 heteroatoms. The first-order chi connectivity index (χ1) is 11.1. The Morgan fingerprint density at radius 1 is 1.35 bits per heavy atom. The first kappa shape index (κ1) is 15.1. The minimum Gasteiger partial charge on any atom is -0.481 e. The third-order valence-electron chi connectivity index (χ3n) is 4.15. The molecular formula is C15H17N5O3. The molecule has 120 valence electrons. The fraction of sp³-hybridized carbons (Fsp3) is 0.400. The number of aryl methyl sites for hydroxylation is 1. The van der Waals surface area contributed by atoms with E-state index in [2.05, 4.69) is 20.8 Å². The molecule has 1 fully saturated rings. The van der Waals surface area contributed by atoms with Gasteiger partial charge in [-0.1, -0.05) is 12.1 Å². The summed E-state index contributed by atoms with van der Waals surface area (Å²) in [5, 5.41) is 23.4. The van der Waals surface area contributed by atoms with Crippen LogP contribution in [0.25, 0.3) is 11.4 Å². The largest absolute Gasteiger partial charge is 0.481 e. The van der Waals surface area contributed by atoms with Crippen molar-refractivity contribution in [1.82, 2.24) is 20.2 Å². The van der Waals surface area contributed by atoms with E-state index >= 15 is 0 Å². The summed E-state index contributed by atoms with van der Waals surface area (Å²) in [5.41, 5.74) is 1.40. The molecule has 1 heterocycles. The van der Waals surface area contributed by atoms with E-state index < -0.39 is 17.8 Å². The number of rotatable bonds is 5. The maximum absolute atomic E-state index is 12.2. The topological polar surface area (TPSA) is 110 Å². The summed E-state index contributed by atoms with van der Waals surface area (Å²) in [5.74, 6) is -1.58. The average molecular weight is 315 g/mol. The highest BCUT2D eigenvalue weighted by atomic mass is 16.4. The predicted molar refractivity (Wildman–Crippen MR) is 81.4 cm³/mol. The van der Waals surface area contributed by atoms with Crippen molar-refractivity contribution in [3.05, 3.63) is 24.3 Å². The van der Waals surface area contributed by atoms with E-state index in [4.69, 9.17) is 5.11 Å². The second kappa shape index (κ2) is 6.15. The van der Waals surface area contributed by atoms with Crippen LogP contribution in [0.15, 0.2) is 24.3 Å². The van der Waals surface area contributed by atoms with E-state index in [9.17, 15) is 9.59 Å². The van der Waals surface area contributed by atoms with Gasteiger partial charge in [0.05, 0.1) is 11.8 Å². The third kappa shape index (κ3) is 2.92. The summed E-state index contributed by atoms with van der Waals surface area (Å²) >= 11 is 0. The van der Waals surface area contributed by atoms with Gasteiger partial charge in [0.2, 0.25) is 5.91 Å². The first-order valence-electron chi connectivity index (χ1n) is 7.50. The monoisotopic (exact) mass is 315 g/mol. The Morgan fingerprint density at radius 3 is 2.78 bits per heavy atom. The highest BCUT2D eigenvalue weighted by molar-refractivity contribution is 5.96. The zero-order valence-corrected chi connectivity index (χ0v) is 12.6. The van der Waals surface area contributed by atoms with E-state index in [-0.39, 0.29) is 5.91 Å². The van der Waals surface area contributed by atoms with Crippen LogP contribution >= 0.6 is 0 Å². The van der Waals surface area contributed by atoms with Gasteiger partial charge >= 0.3 is 5.97 Å². The van der Waals surface area contributed by atoms with E-state index in [1.165, 1.54) is 0 Å². The van der Waals surface area contributed by atoms with Crippen molar-refractivity contribution in [1.29, 1.82) is 0 Å². The van der Waals surface area contributed by atoms with Gasteiger partial charge in [0.15, 0.2) is 5.82 Å². The molecule has 0 radical (unpaired) electrons. The number of benzene rings is 1. The Bertz CT molecular complexity index is 742. The highest BCUT2D eigenvalue weighted by Crippen LogP contribution is 2.35. The molecule has 2 atom stereocenters. The number of amides is 1. The molecule has 8 nitrogen and oxygen atoms in total. The SMILES string of the molecule is CCn1nnnc1-c1cccc(NC(=O)C2CCC2C(=O)O)c1. The maximum Gasteiger partial charge on any atom is 0.307 e. The smallest absolute Gasteiger partial charge is 0.307 e. The Labute approximate surface area is 132 Å². The minimum atomic E-state index is -0.910. The van der Waals surface area contributed by atoms with Crippen molar-refractivity contribution >= 4 is 17.6 Å². The van der Waals surface area contributed by atoms with Crippen LogP contribution in [0.5, 0.6) is 0 Å². The standard InChI is InChI=1S/C15H17N5O3/c1-2-20-13(17-18-19-20)9-4-3-5-10(8-9)16-14(21)11-6-7-12(11)15(22)23/h3-5,8,11-12H,2,6-7H2,1H3,(H,16,21)(H,22,23). The quantitative estimate of drug-likeness (QED) is 0.863. The summed E-state index contributed by atoms with van der Waals surface area (Å²) in [6.45, 7) is 2.58. The third-order valence-corrected chi connectivity index (χ3v) is 4.15. The molecule has 1 saturated carbocycles. The molecule has 1 amide bonds. The van der Waals surface area contributed by atoms with Crippen molar-refractivity contribution in [2.24, 2.45) is 11.8 Å². The molecule has 2 aromatic rings. The molecular weight excluding hydrogens is 298 g/mol. The molecule has 1 aromatic carbocycles. The molecule has 23 heavy (non-hydrogen) atoms. The Morgan fingerprint density at radius 2 is 2.13 bits per heavy atom. The van der Waals surface area contributed by atoms with Crippen molar-refractivity contribution in [3.63, 3.8) is 0 Å². The second-order valence-corrected chi connectivity index (χ2v) is 5.52. The number of nitrogens with one attached hydrogen (secondary N) is 1. The Balaban J connectivity index is 1.76. The molecule has 3 rings (SSSR count). The molecule has 2 unspecified atom stereocenters. The number of tetrazole rings is 1. The number of aromatic nitrogens is 4. The van der Waals surface area contributed by atoms with E-state index in [0.717, 1.165) is 5.56 Å². The summed E-state index contributed by atoms with van der Waals surface area (Å²) in [7, 11) is 0. The number of nitrogens with zero attached hydrogens (tertiary/aromatic N) is 4. The lowest BCUT2D eigenvalue weighted by Gasteiger charge is -2.31. The Hall–Kier alpha value is -2.77. The fourth-order valence-electron chi connectivity index (χ4n) is 2.70. The highest BCUT2D eigenvalue weighted by Gasteiger charge is 2.41. The van der Waals surface area contributed by atoms with E-state index in [0.29, 0.717) is 30.9 Å². The van der Waals surface area contributed by atoms with E-state index in [1.54, 1.807) is 22.9 Å². The molecule has 2 N–H and O–H groups in total. The van der Waals surface area contributed by atoms with Crippen LogP contribution in [-0.2, 0) is 16.1 Å². The number of hydrogen-bond donors (Lipinski definition) is 2. The lowest BCUT2D eigenvalue weighted by Crippen LogP contribution is -2.41. The number of hydrogen-bond acceptors (Lipinski definition) is 5. The second-order valence-electron chi connectivity index (χ2n) is 5.52. The van der Waals surface area contributed by atoms with Crippen LogP contribution < -0.4 is 5.32 Å². The van der Waals surface area contributed by atoms with Crippen LogP contribution in [0.3, 0.4) is 0 Å². The zero-order valence-electron chi connectivity index (χ0n) is 12.6. The number of carbonyl (C=O) groups is 2. The van der Waals surface area contributed by atoms with Crippen LogP contribution in [0.1, 0.15) is 19.8 Å². The predicted octanol–water partition coefficient (Wildman–Crippen LogP) is 1.41. The van der Waals surface area contributed by atoms with Crippen molar-refractivity contribution in [3.8, 4) is 11.4 Å². The van der Waals surface area contributed by atoms with Crippen LogP contribution in [0, 0.1) is 11.8 Å². The number of carbonyl (C=O) groups excluding carboxylic acids is 1. The number of aliphatic carboxylic acids is 1. The maximum atomic E-state index is 12.2. The zero-order chi connectivity index (χ0) is 16.4. The molecule has 0 bridgehead atoms. The van der Waals surface area contributed by atoms with Crippen molar-refractivity contribution in [2.75, 3.05) is 5.32 Å². The van der Waals surface area contributed by atoms with Gasteiger partial charge in [-0.2, -0.15) is 0 Å². The molecule has 0 aliphatic heterocycles. The molecule has 1 aliphatic carbocycles. The van der Waals surface area contributed by atoms with E-state index in [1.807, 2.05) is 13.0 Å². The van der Waals surface area contributed by atoms with Crippen molar-refractivity contribution in [2.45, 2.75) is 26.3 Å². The lowest BCUT2D eigenvalue weighted by atomic mass is 9.73. The van der Waals surface area contributed by atoms with Gasteiger partial charge in [-0.15, -0.1) is 5.10 Å². The molecule has 0 spiro atoms. The first-order valence-corrected chi connectivity index (χ1v) is 7.50. The summed E-state index contributed by atoms with van der Waals surface area (Å²) in [4.78, 5) is 23.2. The van der Waals surface area contributed by atoms with Crippen LogP contribution in [-0.4, -0.2) is 37.2 Å². The number of carboxylic acid groups (broad SMARTS) is 1. The summed E-state index contributed by atoms with van der Waals surface area (Å²) in [6.07, 6.45) is 1.16.